The van der Waals surface area contributed by atoms with E-state index in [0.717, 1.165) is 47.5 Å². The number of aryl methyl sites for hydroxylation is 3. The molecule has 1 atom stereocenters. The number of rotatable bonds is 4. The van der Waals surface area contributed by atoms with E-state index >= 15 is 0 Å². The summed E-state index contributed by atoms with van der Waals surface area (Å²) in [7, 11) is 1.87. The number of piperidine rings is 1. The lowest BCUT2D eigenvalue weighted by atomic mass is 9.94. The van der Waals surface area contributed by atoms with Crippen LogP contribution in [0.5, 0.6) is 0 Å². The molecule has 0 N–H and O–H groups in total. The normalized spacial score (nSPS) is 17.0. The maximum Gasteiger partial charge on any atom is 0.257 e. The fourth-order valence-electron chi connectivity index (χ4n) is 4.18. The van der Waals surface area contributed by atoms with Gasteiger partial charge in [-0.15, -0.1) is 0 Å². The minimum atomic E-state index is 0.0731. The van der Waals surface area contributed by atoms with Gasteiger partial charge in [0.05, 0.1) is 11.3 Å². The zero-order chi connectivity index (χ0) is 20.5. The van der Waals surface area contributed by atoms with Gasteiger partial charge in [-0.2, -0.15) is 10.1 Å². The largest absolute Gasteiger partial charge is 0.339 e. The van der Waals surface area contributed by atoms with E-state index in [0.29, 0.717) is 30.6 Å². The highest BCUT2D eigenvalue weighted by molar-refractivity contribution is 5.96. The second-order valence-corrected chi connectivity index (χ2v) is 7.96. The van der Waals surface area contributed by atoms with Crippen molar-refractivity contribution in [3.63, 3.8) is 0 Å². The summed E-state index contributed by atoms with van der Waals surface area (Å²) in [6, 6.07) is 8.02. The Kier molecular flexibility index (Phi) is 5.22. The number of nitrogens with zero attached hydrogens (tertiary/aromatic N) is 5. The number of carbonyl (C=O) groups excluding carboxylic acids is 1. The van der Waals surface area contributed by atoms with Gasteiger partial charge in [0.25, 0.3) is 5.91 Å². The van der Waals surface area contributed by atoms with Gasteiger partial charge in [0.2, 0.25) is 11.7 Å². The van der Waals surface area contributed by atoms with Crippen LogP contribution < -0.4 is 0 Å². The van der Waals surface area contributed by atoms with E-state index < -0.39 is 0 Å². The highest BCUT2D eigenvalue weighted by Gasteiger charge is 2.29. The summed E-state index contributed by atoms with van der Waals surface area (Å²) in [6.07, 6.45) is 2.72. The molecule has 0 spiro atoms. The molecule has 7 nitrogen and oxygen atoms in total. The third-order valence-corrected chi connectivity index (χ3v) is 5.85. The molecule has 3 aromatic rings. The van der Waals surface area contributed by atoms with Gasteiger partial charge in [-0.1, -0.05) is 29.4 Å². The molecule has 1 fully saturated rings. The predicted molar refractivity (Wildman–Crippen MR) is 109 cm³/mol. The number of amides is 1. The molecule has 29 heavy (non-hydrogen) atoms. The van der Waals surface area contributed by atoms with Crippen molar-refractivity contribution in [1.29, 1.82) is 0 Å². The van der Waals surface area contributed by atoms with Crippen molar-refractivity contribution in [3.8, 4) is 11.4 Å². The standard InChI is InChI=1S/C22H27N5O2/c1-14-8-5-6-10-18(14)21-23-19(29-25-21)12-17-9-7-11-27(13-17)22(28)20-15(2)24-26(4)16(20)3/h5-6,8,10,17H,7,9,11-13H2,1-4H3. The Morgan fingerprint density at radius 1 is 1.24 bits per heavy atom. The van der Waals surface area contributed by atoms with Gasteiger partial charge in [-0.25, -0.2) is 0 Å². The molecule has 1 aliphatic rings. The van der Waals surface area contributed by atoms with Crippen LogP contribution in [0.1, 0.15) is 46.0 Å². The highest BCUT2D eigenvalue weighted by Crippen LogP contribution is 2.25. The molecule has 1 aliphatic heterocycles. The van der Waals surface area contributed by atoms with Crippen LogP contribution in [0.15, 0.2) is 28.8 Å². The van der Waals surface area contributed by atoms with E-state index in [1.54, 1.807) is 4.68 Å². The molecule has 2 aromatic heterocycles. The molecular formula is C22H27N5O2. The molecule has 3 heterocycles. The summed E-state index contributed by atoms with van der Waals surface area (Å²) in [6.45, 7) is 7.36. The van der Waals surface area contributed by atoms with E-state index in [1.807, 2.05) is 57.0 Å². The van der Waals surface area contributed by atoms with E-state index in [-0.39, 0.29) is 5.91 Å². The Morgan fingerprint density at radius 2 is 2.03 bits per heavy atom. The Balaban J connectivity index is 1.46. The van der Waals surface area contributed by atoms with E-state index in [9.17, 15) is 4.79 Å². The Morgan fingerprint density at radius 3 is 2.76 bits per heavy atom. The molecule has 7 heteroatoms. The fourth-order valence-corrected chi connectivity index (χ4v) is 4.18. The van der Waals surface area contributed by atoms with E-state index in [1.165, 1.54) is 0 Å². The van der Waals surface area contributed by atoms with Gasteiger partial charge < -0.3 is 9.42 Å². The summed E-state index contributed by atoms with van der Waals surface area (Å²) >= 11 is 0. The topological polar surface area (TPSA) is 77.0 Å². The number of aromatic nitrogens is 4. The van der Waals surface area contributed by atoms with Crippen molar-refractivity contribution >= 4 is 5.91 Å². The average molecular weight is 393 g/mol. The van der Waals surface area contributed by atoms with Gasteiger partial charge in [-0.3, -0.25) is 9.48 Å². The zero-order valence-electron chi connectivity index (χ0n) is 17.5. The second kappa shape index (κ2) is 7.81. The summed E-state index contributed by atoms with van der Waals surface area (Å²) in [5.74, 6) is 1.65. The first kappa shape index (κ1) is 19.4. The molecule has 4 rings (SSSR count). The molecule has 1 amide bonds. The zero-order valence-corrected chi connectivity index (χ0v) is 17.5. The summed E-state index contributed by atoms with van der Waals surface area (Å²) < 4.78 is 7.29. The molecule has 1 unspecified atom stereocenters. The van der Waals surface area contributed by atoms with Gasteiger partial charge >= 0.3 is 0 Å². The van der Waals surface area contributed by atoms with Crippen LogP contribution in [-0.2, 0) is 13.5 Å². The van der Waals surface area contributed by atoms with Crippen molar-refractivity contribution in [2.75, 3.05) is 13.1 Å². The van der Waals surface area contributed by atoms with Crippen LogP contribution in [0.25, 0.3) is 11.4 Å². The third kappa shape index (κ3) is 3.81. The lowest BCUT2D eigenvalue weighted by molar-refractivity contribution is 0.0666. The molecule has 1 aromatic carbocycles. The molecule has 152 valence electrons. The monoisotopic (exact) mass is 393 g/mol. The quantitative estimate of drug-likeness (QED) is 0.678. The van der Waals surface area contributed by atoms with Crippen LogP contribution in [0.3, 0.4) is 0 Å². The van der Waals surface area contributed by atoms with Crippen molar-refractivity contribution in [1.82, 2.24) is 24.8 Å². The number of likely N-dealkylation sites (tertiary alicyclic amines) is 1. The number of hydrogen-bond donors (Lipinski definition) is 0. The second-order valence-electron chi connectivity index (χ2n) is 7.96. The average Bonchev–Trinajstić information content (AvgIpc) is 3.26. The molecular weight excluding hydrogens is 366 g/mol. The molecule has 0 bridgehead atoms. The minimum Gasteiger partial charge on any atom is -0.339 e. The lowest BCUT2D eigenvalue weighted by Crippen LogP contribution is -2.41. The van der Waals surface area contributed by atoms with Gasteiger partial charge in [0, 0.05) is 37.8 Å². The predicted octanol–water partition coefficient (Wildman–Crippen LogP) is 3.49. The van der Waals surface area contributed by atoms with Gasteiger partial charge in [0.1, 0.15) is 0 Å². The van der Waals surface area contributed by atoms with E-state index in [2.05, 4.69) is 15.2 Å². The Hall–Kier alpha value is -2.96. The van der Waals surface area contributed by atoms with Crippen LogP contribution in [0, 0.1) is 26.7 Å². The smallest absolute Gasteiger partial charge is 0.257 e. The highest BCUT2D eigenvalue weighted by atomic mass is 16.5. The van der Waals surface area contributed by atoms with Crippen LogP contribution >= 0.6 is 0 Å². The first-order chi connectivity index (χ1) is 13.9. The summed E-state index contributed by atoms with van der Waals surface area (Å²) in [5.41, 5.74) is 4.54. The first-order valence-electron chi connectivity index (χ1n) is 10.1. The molecule has 0 saturated carbocycles. The number of benzene rings is 1. The van der Waals surface area contributed by atoms with Crippen molar-refractivity contribution in [3.05, 3.63) is 52.7 Å². The molecule has 0 radical (unpaired) electrons. The Labute approximate surface area is 170 Å². The van der Waals surface area contributed by atoms with Crippen LogP contribution in [0.4, 0.5) is 0 Å². The number of hydrogen-bond acceptors (Lipinski definition) is 5. The minimum absolute atomic E-state index is 0.0731. The SMILES string of the molecule is Cc1ccccc1-c1noc(CC2CCCN(C(=O)c3c(C)nn(C)c3C)C2)n1. The van der Waals surface area contributed by atoms with E-state index in [4.69, 9.17) is 4.52 Å². The van der Waals surface area contributed by atoms with Crippen molar-refractivity contribution in [2.45, 2.75) is 40.0 Å². The maximum atomic E-state index is 13.1. The maximum absolute atomic E-state index is 13.1. The Bertz CT molecular complexity index is 1040. The van der Waals surface area contributed by atoms with Crippen molar-refractivity contribution in [2.24, 2.45) is 13.0 Å². The summed E-state index contributed by atoms with van der Waals surface area (Å²) in [4.78, 5) is 19.6. The number of carbonyl (C=O) groups is 1. The van der Waals surface area contributed by atoms with Crippen LogP contribution in [0.2, 0.25) is 0 Å². The summed E-state index contributed by atoms with van der Waals surface area (Å²) in [5, 5.41) is 8.55. The van der Waals surface area contributed by atoms with Crippen LogP contribution in [-0.4, -0.2) is 43.8 Å². The molecule has 1 saturated heterocycles. The van der Waals surface area contributed by atoms with Gasteiger partial charge in [0.15, 0.2) is 0 Å². The fraction of sp³-hybridized carbons (Fsp3) is 0.455. The van der Waals surface area contributed by atoms with Crippen molar-refractivity contribution < 1.29 is 9.32 Å². The third-order valence-electron chi connectivity index (χ3n) is 5.85. The first-order valence-corrected chi connectivity index (χ1v) is 10.1. The molecule has 0 aliphatic carbocycles. The van der Waals surface area contributed by atoms with Gasteiger partial charge in [-0.05, 0) is 45.1 Å². The lowest BCUT2D eigenvalue weighted by Gasteiger charge is -2.32.